The molecule has 1 aliphatic carbocycles. The van der Waals surface area contributed by atoms with Crippen LogP contribution in [0.4, 0.5) is 0 Å². The highest BCUT2D eigenvalue weighted by molar-refractivity contribution is 8.00. The largest absolute Gasteiger partial charge is 0.302 e. The molecule has 1 N–H and O–H groups in total. The van der Waals surface area contributed by atoms with Gasteiger partial charge in [0.1, 0.15) is 5.54 Å². The van der Waals surface area contributed by atoms with Gasteiger partial charge in [-0.2, -0.15) is 5.26 Å². The molecule has 3 heteroatoms. The van der Waals surface area contributed by atoms with Crippen molar-refractivity contribution >= 4 is 11.8 Å². The lowest BCUT2D eigenvalue weighted by Crippen LogP contribution is -2.46. The number of hydrogen-bond donors (Lipinski definition) is 1. The first kappa shape index (κ1) is 16.4. The van der Waals surface area contributed by atoms with Gasteiger partial charge < -0.3 is 5.32 Å². The summed E-state index contributed by atoms with van der Waals surface area (Å²) in [4.78, 5) is 1.32. The number of thioether (sulfide) groups is 1. The van der Waals surface area contributed by atoms with Crippen LogP contribution in [0.2, 0.25) is 0 Å². The summed E-state index contributed by atoms with van der Waals surface area (Å²) < 4.78 is 0. The van der Waals surface area contributed by atoms with Gasteiger partial charge in [0.25, 0.3) is 0 Å². The van der Waals surface area contributed by atoms with E-state index in [0.717, 1.165) is 19.3 Å². The van der Waals surface area contributed by atoms with Crippen LogP contribution in [0, 0.1) is 11.3 Å². The van der Waals surface area contributed by atoms with Crippen LogP contribution in [0.15, 0.2) is 29.2 Å². The monoisotopic (exact) mass is 302 g/mol. The number of hydrogen-bond acceptors (Lipinski definition) is 3. The summed E-state index contributed by atoms with van der Waals surface area (Å²) in [5.74, 6) is 0. The maximum absolute atomic E-state index is 9.43. The second-order valence-electron chi connectivity index (χ2n) is 7.05. The zero-order valence-corrected chi connectivity index (χ0v) is 14.4. The molecule has 1 saturated carbocycles. The molecule has 1 aromatic rings. The van der Waals surface area contributed by atoms with Gasteiger partial charge >= 0.3 is 0 Å². The van der Waals surface area contributed by atoms with Crippen LogP contribution >= 0.6 is 11.8 Å². The van der Waals surface area contributed by atoms with Gasteiger partial charge in [-0.1, -0.05) is 32.9 Å². The van der Waals surface area contributed by atoms with Gasteiger partial charge in [-0.25, -0.2) is 0 Å². The van der Waals surface area contributed by atoms with Crippen LogP contribution in [-0.2, 0) is 5.41 Å². The van der Waals surface area contributed by atoms with E-state index in [2.05, 4.69) is 56.4 Å². The topological polar surface area (TPSA) is 35.8 Å². The lowest BCUT2D eigenvalue weighted by Gasteiger charge is -2.35. The molecule has 2 atom stereocenters. The molecule has 0 aromatic heterocycles. The van der Waals surface area contributed by atoms with E-state index < -0.39 is 0 Å². The predicted molar refractivity (Wildman–Crippen MR) is 90.7 cm³/mol. The van der Waals surface area contributed by atoms with Crippen molar-refractivity contribution in [2.45, 2.75) is 67.6 Å². The highest BCUT2D eigenvalue weighted by atomic mass is 32.2. The van der Waals surface area contributed by atoms with Crippen molar-refractivity contribution in [3.05, 3.63) is 29.8 Å². The maximum atomic E-state index is 9.43. The summed E-state index contributed by atoms with van der Waals surface area (Å²) >= 11 is 1.93. The highest BCUT2D eigenvalue weighted by Crippen LogP contribution is 2.38. The molecule has 0 spiro atoms. The molecule has 0 heterocycles. The van der Waals surface area contributed by atoms with E-state index in [1.54, 1.807) is 0 Å². The Morgan fingerprint density at radius 3 is 2.48 bits per heavy atom. The van der Waals surface area contributed by atoms with Crippen LogP contribution in [0.3, 0.4) is 0 Å². The van der Waals surface area contributed by atoms with Crippen LogP contribution in [0.5, 0.6) is 0 Å². The Balaban J connectivity index is 2.03. The van der Waals surface area contributed by atoms with Gasteiger partial charge in [0, 0.05) is 10.1 Å². The molecule has 21 heavy (non-hydrogen) atoms. The zero-order valence-electron chi connectivity index (χ0n) is 13.6. The van der Waals surface area contributed by atoms with Crippen LogP contribution in [-0.4, -0.2) is 17.8 Å². The SMILES string of the molecule is CNC1(C#N)CCCC(Sc2ccc(C(C)(C)C)cc2)C1. The molecule has 2 rings (SSSR count). The Hall–Kier alpha value is -0.980. The second kappa shape index (κ2) is 6.42. The molecule has 0 aliphatic heterocycles. The third-order valence-electron chi connectivity index (χ3n) is 4.42. The van der Waals surface area contributed by atoms with Crippen molar-refractivity contribution in [2.24, 2.45) is 0 Å². The molecule has 1 aliphatic rings. The molecular weight excluding hydrogens is 276 g/mol. The van der Waals surface area contributed by atoms with Crippen LogP contribution in [0.25, 0.3) is 0 Å². The van der Waals surface area contributed by atoms with E-state index in [4.69, 9.17) is 0 Å². The van der Waals surface area contributed by atoms with Crippen molar-refractivity contribution in [2.75, 3.05) is 7.05 Å². The van der Waals surface area contributed by atoms with Gasteiger partial charge in [-0.05, 0) is 55.8 Å². The minimum absolute atomic E-state index is 0.204. The molecular formula is C18H26N2S. The first-order valence-corrected chi connectivity index (χ1v) is 8.64. The number of nitrogens with zero attached hydrogens (tertiary/aromatic N) is 1. The molecule has 0 radical (unpaired) electrons. The molecule has 1 aromatic carbocycles. The van der Waals surface area contributed by atoms with Gasteiger partial charge in [-0.15, -0.1) is 11.8 Å². The molecule has 2 unspecified atom stereocenters. The Bertz CT molecular complexity index is 510. The lowest BCUT2D eigenvalue weighted by atomic mass is 9.83. The van der Waals surface area contributed by atoms with Crippen molar-refractivity contribution in [3.8, 4) is 6.07 Å². The van der Waals surface area contributed by atoms with E-state index in [-0.39, 0.29) is 11.0 Å². The van der Waals surface area contributed by atoms with Gasteiger partial charge in [-0.3, -0.25) is 0 Å². The molecule has 1 fully saturated rings. The van der Waals surface area contributed by atoms with E-state index in [9.17, 15) is 5.26 Å². The van der Waals surface area contributed by atoms with Gasteiger partial charge in [0.15, 0.2) is 0 Å². The summed E-state index contributed by atoms with van der Waals surface area (Å²) in [6, 6.07) is 11.4. The Morgan fingerprint density at radius 1 is 1.29 bits per heavy atom. The summed E-state index contributed by atoms with van der Waals surface area (Å²) in [5.41, 5.74) is 1.26. The molecule has 0 amide bonds. The van der Waals surface area contributed by atoms with Gasteiger partial charge in [0.2, 0.25) is 0 Å². The fourth-order valence-corrected chi connectivity index (χ4v) is 4.27. The average molecular weight is 302 g/mol. The number of rotatable bonds is 3. The predicted octanol–water partition coefficient (Wildman–Crippen LogP) is 4.50. The third kappa shape index (κ3) is 4.02. The van der Waals surface area contributed by atoms with Crippen molar-refractivity contribution in [1.29, 1.82) is 5.26 Å². The third-order valence-corrected chi connectivity index (χ3v) is 5.70. The minimum atomic E-state index is -0.318. The summed E-state index contributed by atoms with van der Waals surface area (Å²) in [5, 5.41) is 13.2. The molecule has 114 valence electrons. The summed E-state index contributed by atoms with van der Waals surface area (Å²) in [7, 11) is 1.91. The number of nitrogens with one attached hydrogen (secondary N) is 1. The van der Waals surface area contributed by atoms with Crippen LogP contribution < -0.4 is 5.32 Å². The normalized spacial score (nSPS) is 26.3. The van der Waals surface area contributed by atoms with E-state index in [0.29, 0.717) is 5.25 Å². The van der Waals surface area contributed by atoms with Crippen LogP contribution in [0.1, 0.15) is 52.0 Å². The average Bonchev–Trinajstić information content (AvgIpc) is 2.47. The minimum Gasteiger partial charge on any atom is -0.302 e. The quantitative estimate of drug-likeness (QED) is 0.893. The van der Waals surface area contributed by atoms with Gasteiger partial charge in [0.05, 0.1) is 6.07 Å². The number of nitriles is 1. The van der Waals surface area contributed by atoms with Crippen molar-refractivity contribution < 1.29 is 0 Å². The maximum Gasteiger partial charge on any atom is 0.107 e. The van der Waals surface area contributed by atoms with Crippen molar-refractivity contribution in [1.82, 2.24) is 5.32 Å². The van der Waals surface area contributed by atoms with E-state index >= 15 is 0 Å². The van der Waals surface area contributed by atoms with Crippen molar-refractivity contribution in [3.63, 3.8) is 0 Å². The molecule has 0 bridgehead atoms. The Morgan fingerprint density at radius 2 is 1.95 bits per heavy atom. The first-order valence-electron chi connectivity index (χ1n) is 7.76. The summed E-state index contributed by atoms with van der Waals surface area (Å²) in [6.07, 6.45) is 4.24. The molecule has 2 nitrogen and oxygen atoms in total. The molecule has 0 saturated heterocycles. The lowest BCUT2D eigenvalue weighted by molar-refractivity contribution is 0.323. The first-order chi connectivity index (χ1) is 9.88. The van der Waals surface area contributed by atoms with E-state index in [1.165, 1.54) is 16.9 Å². The summed E-state index contributed by atoms with van der Waals surface area (Å²) in [6.45, 7) is 6.72. The second-order valence-corrected chi connectivity index (χ2v) is 8.43. The zero-order chi connectivity index (χ0) is 15.5. The number of benzene rings is 1. The van der Waals surface area contributed by atoms with E-state index in [1.807, 2.05) is 18.8 Å². The smallest absolute Gasteiger partial charge is 0.107 e. The Labute approximate surface area is 133 Å². The standard InChI is InChI=1S/C18H26N2S/c1-17(2,3)14-7-9-15(10-8-14)21-16-6-5-11-18(12-16,13-19)20-4/h7-10,16,20H,5-6,11-12H2,1-4H3. The highest BCUT2D eigenvalue weighted by Gasteiger charge is 2.35. The fraction of sp³-hybridized carbons (Fsp3) is 0.611. The Kier molecular flexibility index (Phi) is 5.01. The fourth-order valence-electron chi connectivity index (χ4n) is 2.94.